The van der Waals surface area contributed by atoms with Gasteiger partial charge < -0.3 is 25.4 Å². The second kappa shape index (κ2) is 27.4. The van der Waals surface area contributed by atoms with E-state index in [2.05, 4.69) is 55.4 Å². The number of hydrogen-bond donors (Lipinski definition) is 0. The number of rotatable bonds is 26. The molecule has 0 heterocycles. The highest BCUT2D eigenvalue weighted by Gasteiger charge is 2.37. The van der Waals surface area contributed by atoms with Gasteiger partial charge in [0.15, 0.2) is 5.82 Å². The Morgan fingerprint density at radius 2 is 1.19 bits per heavy atom. The van der Waals surface area contributed by atoms with Gasteiger partial charge in [-0.2, -0.15) is 6.42 Å². The van der Waals surface area contributed by atoms with Gasteiger partial charge in [-0.15, -0.1) is 0 Å². The Kier molecular flexibility index (Phi) is 26.7. The summed E-state index contributed by atoms with van der Waals surface area (Å²) in [5, 5.41) is 0. The van der Waals surface area contributed by atoms with Gasteiger partial charge in [-0.1, -0.05) is 112 Å². The van der Waals surface area contributed by atoms with Gasteiger partial charge in [-0.25, -0.2) is 4.39 Å². The van der Waals surface area contributed by atoms with Crippen LogP contribution in [0.4, 0.5) is 4.39 Å². The van der Waals surface area contributed by atoms with Crippen molar-refractivity contribution in [2.75, 3.05) is 32.8 Å². The van der Waals surface area contributed by atoms with Crippen molar-refractivity contribution in [3.05, 3.63) is 36.5 Å². The molecule has 0 saturated carbocycles. The van der Waals surface area contributed by atoms with Crippen molar-refractivity contribution in [1.29, 1.82) is 0 Å². The fraction of sp³-hybridized carbons (Fsp3) is 0.806. The van der Waals surface area contributed by atoms with E-state index in [0.717, 1.165) is 87.5 Å². The SMILES string of the molecule is CCCCCCOB(OCCCCCC)Oc1cccc(C(CC)[N+](CCC)(CCC)CCC)c1F.[CH2-]CCCCC. The topological polar surface area (TPSA) is 27.7 Å². The van der Waals surface area contributed by atoms with E-state index in [1.54, 1.807) is 6.07 Å². The molecule has 0 N–H and O–H groups in total. The van der Waals surface area contributed by atoms with Crippen LogP contribution >= 0.6 is 0 Å². The summed E-state index contributed by atoms with van der Waals surface area (Å²) in [7, 11) is -0.876. The second-order valence-corrected chi connectivity index (χ2v) is 11.8. The van der Waals surface area contributed by atoms with Gasteiger partial charge in [0.25, 0.3) is 0 Å². The van der Waals surface area contributed by atoms with Crippen molar-refractivity contribution in [3.63, 3.8) is 0 Å². The van der Waals surface area contributed by atoms with Crippen LogP contribution in [0.15, 0.2) is 18.2 Å². The summed E-state index contributed by atoms with van der Waals surface area (Å²) in [6, 6.07) is 5.70. The summed E-state index contributed by atoms with van der Waals surface area (Å²) in [5.74, 6) is -0.0232. The zero-order chi connectivity index (χ0) is 31.5. The zero-order valence-electron chi connectivity index (χ0n) is 29.0. The van der Waals surface area contributed by atoms with Gasteiger partial charge in [0.2, 0.25) is 0 Å². The lowest BCUT2D eigenvalue weighted by Gasteiger charge is -2.45. The molecular formula is C36H69BFNO3. The molecule has 0 radical (unpaired) electrons. The maximum Gasteiger partial charge on any atom is 0.713 e. The Labute approximate surface area is 262 Å². The highest BCUT2D eigenvalue weighted by atomic mass is 19.1. The third-order valence-corrected chi connectivity index (χ3v) is 7.99. The first kappa shape index (κ1) is 40.9. The van der Waals surface area contributed by atoms with Crippen molar-refractivity contribution in [3.8, 4) is 5.75 Å². The van der Waals surface area contributed by atoms with Gasteiger partial charge in [-0.3, -0.25) is 0 Å². The predicted molar refractivity (Wildman–Crippen MR) is 181 cm³/mol. The molecule has 0 fully saturated rings. The van der Waals surface area contributed by atoms with Crippen molar-refractivity contribution in [2.24, 2.45) is 0 Å². The van der Waals surface area contributed by atoms with E-state index in [1.807, 2.05) is 12.1 Å². The van der Waals surface area contributed by atoms with Crippen molar-refractivity contribution in [1.82, 2.24) is 0 Å². The summed E-state index contributed by atoms with van der Waals surface area (Å²) in [4.78, 5) is 0. The van der Waals surface area contributed by atoms with Crippen molar-refractivity contribution in [2.45, 2.75) is 157 Å². The Morgan fingerprint density at radius 1 is 0.690 bits per heavy atom. The minimum absolute atomic E-state index is 0.108. The number of benzene rings is 1. The minimum Gasteiger partial charge on any atom is -0.509 e. The van der Waals surface area contributed by atoms with E-state index in [-0.39, 0.29) is 17.6 Å². The summed E-state index contributed by atoms with van der Waals surface area (Å²) in [6.45, 7) is 23.5. The molecule has 1 unspecified atom stereocenters. The van der Waals surface area contributed by atoms with Crippen LogP contribution in [0.25, 0.3) is 0 Å². The molecule has 1 aromatic rings. The van der Waals surface area contributed by atoms with Gasteiger partial charge in [0.1, 0.15) is 11.8 Å². The van der Waals surface area contributed by atoms with E-state index >= 15 is 4.39 Å². The van der Waals surface area contributed by atoms with Crippen LogP contribution in [-0.4, -0.2) is 44.7 Å². The van der Waals surface area contributed by atoms with Crippen LogP contribution in [0.2, 0.25) is 0 Å². The number of halogens is 1. The first-order valence-electron chi connectivity index (χ1n) is 17.8. The Bertz CT molecular complexity index is 701. The molecule has 4 nitrogen and oxygen atoms in total. The van der Waals surface area contributed by atoms with Gasteiger partial charge in [-0.05, 0) is 44.2 Å². The number of hydrogen-bond acceptors (Lipinski definition) is 3. The summed E-state index contributed by atoms with van der Waals surface area (Å²) in [5.41, 5.74) is 0.759. The average molecular weight is 594 g/mol. The lowest BCUT2D eigenvalue weighted by molar-refractivity contribution is -0.957. The molecule has 0 aliphatic rings. The normalized spacial score (nSPS) is 12.1. The number of quaternary nitrogens is 1. The van der Waals surface area contributed by atoms with Crippen LogP contribution in [0.5, 0.6) is 5.75 Å². The highest BCUT2D eigenvalue weighted by Crippen LogP contribution is 2.37. The Hall–Kier alpha value is -1.11. The molecular weight excluding hydrogens is 524 g/mol. The summed E-state index contributed by atoms with van der Waals surface area (Å²) >= 11 is 0. The van der Waals surface area contributed by atoms with Crippen molar-refractivity contribution >= 4 is 7.32 Å². The lowest BCUT2D eigenvalue weighted by atomic mass is 9.96. The number of unbranched alkanes of at least 4 members (excludes halogenated alkanes) is 9. The molecule has 0 amide bonds. The van der Waals surface area contributed by atoms with Gasteiger partial charge in [0, 0.05) is 25.2 Å². The molecule has 42 heavy (non-hydrogen) atoms. The van der Waals surface area contributed by atoms with Crippen LogP contribution in [-0.2, 0) is 9.31 Å². The fourth-order valence-electron chi connectivity index (χ4n) is 5.98. The molecule has 1 atom stereocenters. The smallest absolute Gasteiger partial charge is 0.509 e. The lowest BCUT2D eigenvalue weighted by Crippen LogP contribution is -2.52. The fourth-order valence-corrected chi connectivity index (χ4v) is 5.98. The maximum absolute atomic E-state index is 16.1. The zero-order valence-corrected chi connectivity index (χ0v) is 29.0. The van der Waals surface area contributed by atoms with Gasteiger partial charge >= 0.3 is 7.32 Å². The molecule has 6 heteroatoms. The molecule has 1 rings (SSSR count). The quantitative estimate of drug-likeness (QED) is 0.0463. The van der Waals surface area contributed by atoms with E-state index in [4.69, 9.17) is 14.0 Å². The second-order valence-electron chi connectivity index (χ2n) is 11.8. The molecule has 0 bridgehead atoms. The van der Waals surface area contributed by atoms with Crippen LogP contribution in [0, 0.1) is 12.7 Å². The molecule has 0 aliphatic carbocycles. The van der Waals surface area contributed by atoms with E-state index in [1.165, 1.54) is 44.9 Å². The van der Waals surface area contributed by atoms with E-state index in [0.29, 0.717) is 13.2 Å². The standard InChI is InChI=1S/C30H56BFNO3.C6H13/c1-7-13-15-17-25-34-31(35-26-18-16-14-8-2)36-29-21-19-20-27(30(29)32)28(12-6)33(22-9-3,23-10-4)24-11-5;1-3-5-6-4-2/h19-21,28H,7-18,22-26H2,1-6H3;1,3-6H2,2H3/q+1;-1. The van der Waals surface area contributed by atoms with Crippen LogP contribution in [0.3, 0.4) is 0 Å². The highest BCUT2D eigenvalue weighted by molar-refractivity contribution is 6.37. The Morgan fingerprint density at radius 3 is 1.60 bits per heavy atom. The molecule has 0 spiro atoms. The van der Waals surface area contributed by atoms with Crippen LogP contribution < -0.4 is 4.65 Å². The van der Waals surface area contributed by atoms with Crippen LogP contribution in [0.1, 0.15) is 163 Å². The molecule has 0 aliphatic heterocycles. The molecule has 1 aromatic carbocycles. The molecule has 0 saturated heterocycles. The molecule has 246 valence electrons. The minimum atomic E-state index is -0.876. The number of nitrogens with zero attached hydrogens (tertiary/aromatic N) is 1. The Balaban J connectivity index is 0.00000252. The third kappa shape index (κ3) is 16.7. The largest absolute Gasteiger partial charge is 0.713 e. The van der Waals surface area contributed by atoms with Gasteiger partial charge in [0.05, 0.1) is 19.6 Å². The van der Waals surface area contributed by atoms with E-state index < -0.39 is 7.32 Å². The summed E-state index contributed by atoms with van der Waals surface area (Å²) in [6.07, 6.45) is 18.1. The maximum atomic E-state index is 16.1. The monoisotopic (exact) mass is 594 g/mol. The average Bonchev–Trinajstić information content (AvgIpc) is 2.98. The molecule has 0 aromatic heterocycles. The summed E-state index contributed by atoms with van der Waals surface area (Å²) < 4.78 is 34.9. The predicted octanol–water partition coefficient (Wildman–Crippen LogP) is 11.3. The van der Waals surface area contributed by atoms with E-state index in [9.17, 15) is 0 Å². The first-order chi connectivity index (χ1) is 20.4. The first-order valence-corrected chi connectivity index (χ1v) is 17.8. The third-order valence-electron chi connectivity index (χ3n) is 7.99. The van der Waals surface area contributed by atoms with Crippen molar-refractivity contribution < 1.29 is 22.8 Å².